The van der Waals surface area contributed by atoms with Crippen LogP contribution in [0.25, 0.3) is 0 Å². The maximum Gasteiger partial charge on any atom is 0.417 e. The molecule has 8 heteroatoms. The van der Waals surface area contributed by atoms with Crippen LogP contribution in [0, 0.1) is 0 Å². The van der Waals surface area contributed by atoms with Gasteiger partial charge in [0.15, 0.2) is 11.5 Å². The molecule has 27 heavy (non-hydrogen) atoms. The molecule has 144 valence electrons. The number of fused-ring (bicyclic) bond motifs is 1. The van der Waals surface area contributed by atoms with Crippen LogP contribution in [0.5, 0.6) is 11.5 Å². The van der Waals surface area contributed by atoms with Gasteiger partial charge in [-0.15, -0.1) is 0 Å². The van der Waals surface area contributed by atoms with E-state index in [1.807, 2.05) is 12.1 Å². The molecule has 0 aromatic heterocycles. The molecule has 2 heterocycles. The lowest BCUT2D eigenvalue weighted by Crippen LogP contribution is -2.45. The van der Waals surface area contributed by atoms with Crippen LogP contribution in [-0.4, -0.2) is 37.9 Å². The molecule has 0 spiro atoms. The summed E-state index contributed by atoms with van der Waals surface area (Å²) >= 11 is 5.81. The SMILES string of the molecule is FC(F)(F)c1cc(C(c2ccc3c(c2)OCO3)N2CCNCC2)ccc1Cl. The summed E-state index contributed by atoms with van der Waals surface area (Å²) in [4.78, 5) is 2.16. The Morgan fingerprint density at radius 2 is 1.63 bits per heavy atom. The third-order valence-electron chi connectivity index (χ3n) is 4.84. The molecular weight excluding hydrogens is 381 g/mol. The minimum absolute atomic E-state index is 0.149. The van der Waals surface area contributed by atoms with Crippen LogP contribution in [0.3, 0.4) is 0 Å². The second-order valence-electron chi connectivity index (χ2n) is 6.54. The molecule has 4 nitrogen and oxygen atoms in total. The fourth-order valence-electron chi connectivity index (χ4n) is 3.57. The summed E-state index contributed by atoms with van der Waals surface area (Å²) in [6.07, 6.45) is -4.50. The smallest absolute Gasteiger partial charge is 0.417 e. The van der Waals surface area contributed by atoms with Crippen molar-refractivity contribution in [3.63, 3.8) is 0 Å². The van der Waals surface area contributed by atoms with E-state index in [9.17, 15) is 13.2 Å². The topological polar surface area (TPSA) is 33.7 Å². The third-order valence-corrected chi connectivity index (χ3v) is 5.17. The van der Waals surface area contributed by atoms with Crippen molar-refractivity contribution >= 4 is 11.6 Å². The maximum atomic E-state index is 13.4. The fourth-order valence-corrected chi connectivity index (χ4v) is 3.79. The van der Waals surface area contributed by atoms with Crippen molar-refractivity contribution in [3.8, 4) is 11.5 Å². The standard InChI is InChI=1S/C19H18ClF3N2O2/c20-15-3-1-12(9-14(15)19(21,22)23)18(25-7-5-24-6-8-25)13-2-4-16-17(10-13)27-11-26-16/h1-4,9-10,18,24H,5-8,11H2. The molecule has 4 rings (SSSR count). The van der Waals surface area contributed by atoms with E-state index in [0.717, 1.165) is 37.8 Å². The van der Waals surface area contributed by atoms with Crippen molar-refractivity contribution in [1.29, 1.82) is 0 Å². The van der Waals surface area contributed by atoms with E-state index in [4.69, 9.17) is 21.1 Å². The Balaban J connectivity index is 1.79. The van der Waals surface area contributed by atoms with Crippen molar-refractivity contribution < 1.29 is 22.6 Å². The highest BCUT2D eigenvalue weighted by Gasteiger charge is 2.35. The van der Waals surface area contributed by atoms with Crippen LogP contribution >= 0.6 is 11.6 Å². The number of piperazine rings is 1. The Labute approximate surface area is 159 Å². The number of rotatable bonds is 3. The first-order chi connectivity index (χ1) is 12.9. The Morgan fingerprint density at radius 3 is 2.37 bits per heavy atom. The fraction of sp³-hybridized carbons (Fsp3) is 0.368. The van der Waals surface area contributed by atoms with Crippen molar-refractivity contribution in [2.24, 2.45) is 0 Å². The Kier molecular flexibility index (Phi) is 4.92. The van der Waals surface area contributed by atoms with Crippen LogP contribution in [0.15, 0.2) is 36.4 Å². The second kappa shape index (κ2) is 7.22. The molecular formula is C19H18ClF3N2O2. The third kappa shape index (κ3) is 3.72. The molecule has 1 fully saturated rings. The van der Waals surface area contributed by atoms with Gasteiger partial charge in [0.1, 0.15) is 0 Å². The zero-order valence-corrected chi connectivity index (χ0v) is 15.1. The van der Waals surface area contributed by atoms with Gasteiger partial charge in [-0.2, -0.15) is 13.2 Å². The monoisotopic (exact) mass is 398 g/mol. The van der Waals surface area contributed by atoms with Crippen molar-refractivity contribution in [3.05, 3.63) is 58.1 Å². The van der Waals surface area contributed by atoms with Gasteiger partial charge in [-0.1, -0.05) is 23.7 Å². The molecule has 0 aliphatic carbocycles. The Hall–Kier alpha value is -1.96. The molecule has 1 atom stereocenters. The van der Waals surface area contributed by atoms with E-state index in [-0.39, 0.29) is 17.9 Å². The minimum Gasteiger partial charge on any atom is -0.454 e. The molecule has 2 aromatic rings. The van der Waals surface area contributed by atoms with Crippen LogP contribution in [-0.2, 0) is 6.18 Å². The maximum absolute atomic E-state index is 13.4. The van der Waals surface area contributed by atoms with Gasteiger partial charge in [0.25, 0.3) is 0 Å². The molecule has 1 saturated heterocycles. The average molecular weight is 399 g/mol. The molecule has 1 N–H and O–H groups in total. The molecule has 2 aliphatic heterocycles. The lowest BCUT2D eigenvalue weighted by molar-refractivity contribution is -0.137. The number of hydrogen-bond acceptors (Lipinski definition) is 4. The molecule has 2 aliphatic rings. The summed E-state index contributed by atoms with van der Waals surface area (Å²) in [5, 5.41) is 2.98. The first-order valence-corrected chi connectivity index (χ1v) is 9.02. The molecule has 1 unspecified atom stereocenters. The first kappa shape index (κ1) is 18.4. The van der Waals surface area contributed by atoms with E-state index in [1.54, 1.807) is 12.1 Å². The summed E-state index contributed by atoms with van der Waals surface area (Å²) in [6.45, 7) is 3.16. The van der Waals surface area contributed by atoms with Crippen molar-refractivity contribution in [2.45, 2.75) is 12.2 Å². The first-order valence-electron chi connectivity index (χ1n) is 8.64. The predicted octanol–water partition coefficient (Wildman–Crippen LogP) is 4.08. The van der Waals surface area contributed by atoms with E-state index < -0.39 is 11.7 Å². The van der Waals surface area contributed by atoms with Crippen LogP contribution in [0.4, 0.5) is 13.2 Å². The zero-order chi connectivity index (χ0) is 19.0. The van der Waals surface area contributed by atoms with Gasteiger partial charge in [0.2, 0.25) is 6.79 Å². The lowest BCUT2D eigenvalue weighted by atomic mass is 9.94. The average Bonchev–Trinajstić information content (AvgIpc) is 3.11. The summed E-state index contributed by atoms with van der Waals surface area (Å²) in [7, 11) is 0. The van der Waals surface area contributed by atoms with E-state index in [2.05, 4.69) is 10.2 Å². The highest BCUT2D eigenvalue weighted by molar-refractivity contribution is 6.31. The number of nitrogens with one attached hydrogen (secondary N) is 1. The number of nitrogens with zero attached hydrogens (tertiary/aromatic N) is 1. The Bertz CT molecular complexity index is 838. The number of halogens is 4. The zero-order valence-electron chi connectivity index (χ0n) is 14.4. The summed E-state index contributed by atoms with van der Waals surface area (Å²) in [5.74, 6) is 1.25. The minimum atomic E-state index is -4.50. The van der Waals surface area contributed by atoms with Gasteiger partial charge in [-0.05, 0) is 35.4 Å². The van der Waals surface area contributed by atoms with Gasteiger partial charge in [0.05, 0.1) is 16.6 Å². The molecule has 0 amide bonds. The molecule has 0 saturated carbocycles. The molecule has 0 bridgehead atoms. The van der Waals surface area contributed by atoms with E-state index in [1.165, 1.54) is 6.07 Å². The largest absolute Gasteiger partial charge is 0.454 e. The number of alkyl halides is 3. The summed E-state index contributed by atoms with van der Waals surface area (Å²) in [6, 6.07) is 9.32. The summed E-state index contributed by atoms with van der Waals surface area (Å²) < 4.78 is 50.9. The van der Waals surface area contributed by atoms with Crippen molar-refractivity contribution in [2.75, 3.05) is 33.0 Å². The quantitative estimate of drug-likeness (QED) is 0.844. The molecule has 2 aromatic carbocycles. The highest BCUT2D eigenvalue weighted by Crippen LogP contribution is 2.41. The van der Waals surface area contributed by atoms with Gasteiger partial charge < -0.3 is 14.8 Å². The lowest BCUT2D eigenvalue weighted by Gasteiger charge is -2.36. The van der Waals surface area contributed by atoms with Crippen molar-refractivity contribution in [1.82, 2.24) is 10.2 Å². The number of hydrogen-bond donors (Lipinski definition) is 1. The molecule has 0 radical (unpaired) electrons. The van der Waals surface area contributed by atoms with E-state index >= 15 is 0 Å². The van der Waals surface area contributed by atoms with Crippen LogP contribution < -0.4 is 14.8 Å². The highest BCUT2D eigenvalue weighted by atomic mass is 35.5. The van der Waals surface area contributed by atoms with Gasteiger partial charge >= 0.3 is 6.18 Å². The van der Waals surface area contributed by atoms with Crippen LogP contribution in [0.2, 0.25) is 5.02 Å². The number of benzene rings is 2. The Morgan fingerprint density at radius 1 is 0.963 bits per heavy atom. The number of ether oxygens (including phenoxy) is 2. The predicted molar refractivity (Wildman–Crippen MR) is 95.3 cm³/mol. The van der Waals surface area contributed by atoms with Crippen LogP contribution in [0.1, 0.15) is 22.7 Å². The van der Waals surface area contributed by atoms with E-state index in [0.29, 0.717) is 17.1 Å². The normalized spacial score (nSPS) is 18.5. The van der Waals surface area contributed by atoms with Gasteiger partial charge in [-0.25, -0.2) is 0 Å². The second-order valence-corrected chi connectivity index (χ2v) is 6.95. The van der Waals surface area contributed by atoms with Gasteiger partial charge in [0, 0.05) is 26.2 Å². The summed E-state index contributed by atoms with van der Waals surface area (Å²) in [5.41, 5.74) is 0.589. The van der Waals surface area contributed by atoms with Gasteiger partial charge in [-0.3, -0.25) is 4.90 Å².